The van der Waals surface area contributed by atoms with Crippen molar-refractivity contribution in [3.8, 4) is 0 Å². The first-order chi connectivity index (χ1) is 5.72. The Balaban J connectivity index is 2.17. The lowest BCUT2D eigenvalue weighted by atomic mass is 10.2. The fraction of sp³-hybridized carbons (Fsp3) is 0.875. The number of nitrogens with one attached hydrogen (secondary N) is 2. The summed E-state index contributed by atoms with van der Waals surface area (Å²) >= 11 is 0. The maximum atomic E-state index is 11.2. The number of rotatable bonds is 5. The van der Waals surface area contributed by atoms with Crippen molar-refractivity contribution < 1.29 is 9.90 Å². The quantitative estimate of drug-likeness (QED) is 0.510. The lowest BCUT2D eigenvalue weighted by molar-refractivity contribution is -0.122. The van der Waals surface area contributed by atoms with Crippen molar-refractivity contribution >= 4 is 5.91 Å². The normalized spacial score (nSPS) is 18.8. The van der Waals surface area contributed by atoms with Crippen molar-refractivity contribution in [1.82, 2.24) is 10.6 Å². The molecule has 1 fully saturated rings. The standard InChI is InChI=1S/C8H16N2O2/c1-9-5-2-7(12)10-8(6-11)3-4-8/h9,11H,2-6H2,1H3,(H,10,12). The van der Waals surface area contributed by atoms with E-state index in [9.17, 15) is 4.79 Å². The van der Waals surface area contributed by atoms with Crippen LogP contribution in [0.1, 0.15) is 19.3 Å². The average molecular weight is 172 g/mol. The minimum Gasteiger partial charge on any atom is -0.394 e. The van der Waals surface area contributed by atoms with Crippen LogP contribution in [0.15, 0.2) is 0 Å². The first-order valence-corrected chi connectivity index (χ1v) is 4.29. The Bertz CT molecular complexity index is 166. The molecular weight excluding hydrogens is 156 g/mol. The van der Waals surface area contributed by atoms with Crippen LogP contribution >= 0.6 is 0 Å². The number of carbonyl (C=O) groups is 1. The van der Waals surface area contributed by atoms with E-state index >= 15 is 0 Å². The van der Waals surface area contributed by atoms with Crippen molar-refractivity contribution in [3.63, 3.8) is 0 Å². The predicted molar refractivity (Wildman–Crippen MR) is 45.7 cm³/mol. The third-order valence-corrected chi connectivity index (χ3v) is 2.16. The summed E-state index contributed by atoms with van der Waals surface area (Å²) in [7, 11) is 1.81. The van der Waals surface area contributed by atoms with Gasteiger partial charge >= 0.3 is 0 Å². The second-order valence-electron chi connectivity index (χ2n) is 3.34. The zero-order chi connectivity index (χ0) is 9.03. The lowest BCUT2D eigenvalue weighted by Crippen LogP contribution is -2.40. The Labute approximate surface area is 72.3 Å². The Morgan fingerprint density at radius 1 is 1.58 bits per heavy atom. The summed E-state index contributed by atoms with van der Waals surface area (Å²) in [6.07, 6.45) is 2.31. The number of carbonyl (C=O) groups excluding carboxylic acids is 1. The molecule has 1 saturated carbocycles. The van der Waals surface area contributed by atoms with Crippen LogP contribution in [0.2, 0.25) is 0 Å². The van der Waals surface area contributed by atoms with Gasteiger partial charge in [-0.25, -0.2) is 0 Å². The molecule has 4 heteroatoms. The van der Waals surface area contributed by atoms with Crippen LogP contribution in [-0.2, 0) is 4.79 Å². The van der Waals surface area contributed by atoms with Gasteiger partial charge in [0, 0.05) is 13.0 Å². The molecule has 0 aromatic heterocycles. The second kappa shape index (κ2) is 3.87. The van der Waals surface area contributed by atoms with E-state index < -0.39 is 0 Å². The predicted octanol–water partition coefficient (Wildman–Crippen LogP) is -0.763. The Hall–Kier alpha value is -0.610. The first-order valence-electron chi connectivity index (χ1n) is 4.29. The van der Waals surface area contributed by atoms with Gasteiger partial charge in [0.05, 0.1) is 12.1 Å². The molecule has 1 aliphatic carbocycles. The molecule has 0 spiro atoms. The highest BCUT2D eigenvalue weighted by Crippen LogP contribution is 2.34. The molecule has 0 heterocycles. The molecule has 1 amide bonds. The Kier molecular flexibility index (Phi) is 3.05. The summed E-state index contributed by atoms with van der Waals surface area (Å²) in [6.45, 7) is 0.756. The molecule has 0 saturated heterocycles. The summed E-state index contributed by atoms with van der Waals surface area (Å²) in [4.78, 5) is 11.2. The van der Waals surface area contributed by atoms with Crippen LogP contribution in [-0.4, -0.2) is 36.8 Å². The highest BCUT2D eigenvalue weighted by Gasteiger charge is 2.43. The van der Waals surface area contributed by atoms with E-state index in [0.717, 1.165) is 12.8 Å². The third kappa shape index (κ3) is 2.46. The molecule has 0 radical (unpaired) electrons. The fourth-order valence-corrected chi connectivity index (χ4v) is 1.07. The number of hydrogen-bond donors (Lipinski definition) is 3. The Morgan fingerprint density at radius 2 is 2.25 bits per heavy atom. The molecule has 1 rings (SSSR count). The maximum Gasteiger partial charge on any atom is 0.221 e. The van der Waals surface area contributed by atoms with E-state index in [-0.39, 0.29) is 18.1 Å². The number of aliphatic hydroxyl groups is 1. The van der Waals surface area contributed by atoms with Crippen LogP contribution in [0, 0.1) is 0 Å². The lowest BCUT2D eigenvalue weighted by Gasteiger charge is -2.13. The molecule has 3 N–H and O–H groups in total. The van der Waals surface area contributed by atoms with Crippen LogP contribution in [0.25, 0.3) is 0 Å². The summed E-state index contributed by atoms with van der Waals surface area (Å²) < 4.78 is 0. The molecule has 70 valence electrons. The first kappa shape index (κ1) is 9.48. The van der Waals surface area contributed by atoms with E-state index in [2.05, 4.69) is 10.6 Å². The molecule has 1 aliphatic rings. The van der Waals surface area contributed by atoms with Crippen molar-refractivity contribution in [2.45, 2.75) is 24.8 Å². The van der Waals surface area contributed by atoms with Crippen molar-refractivity contribution in [2.24, 2.45) is 0 Å². The zero-order valence-electron chi connectivity index (χ0n) is 7.39. The monoisotopic (exact) mass is 172 g/mol. The number of hydrogen-bond acceptors (Lipinski definition) is 3. The Morgan fingerprint density at radius 3 is 2.67 bits per heavy atom. The van der Waals surface area contributed by atoms with Crippen LogP contribution < -0.4 is 10.6 Å². The van der Waals surface area contributed by atoms with Crippen LogP contribution in [0.5, 0.6) is 0 Å². The molecule has 0 bridgehead atoms. The van der Waals surface area contributed by atoms with Crippen LogP contribution in [0.4, 0.5) is 0 Å². The number of amides is 1. The fourth-order valence-electron chi connectivity index (χ4n) is 1.07. The molecule has 0 aliphatic heterocycles. The van der Waals surface area contributed by atoms with Crippen molar-refractivity contribution in [3.05, 3.63) is 0 Å². The van der Waals surface area contributed by atoms with Gasteiger partial charge in [0.25, 0.3) is 0 Å². The highest BCUT2D eigenvalue weighted by atomic mass is 16.3. The topological polar surface area (TPSA) is 61.4 Å². The molecule has 0 aromatic rings. The highest BCUT2D eigenvalue weighted by molar-refractivity contribution is 5.77. The van der Waals surface area contributed by atoms with Crippen molar-refractivity contribution in [1.29, 1.82) is 0 Å². The van der Waals surface area contributed by atoms with E-state index in [1.165, 1.54) is 0 Å². The number of aliphatic hydroxyl groups excluding tert-OH is 1. The van der Waals surface area contributed by atoms with Gasteiger partial charge in [-0.2, -0.15) is 0 Å². The average Bonchev–Trinajstić information content (AvgIpc) is 2.82. The van der Waals surface area contributed by atoms with Gasteiger partial charge in [-0.15, -0.1) is 0 Å². The van der Waals surface area contributed by atoms with Gasteiger partial charge in [-0.05, 0) is 19.9 Å². The van der Waals surface area contributed by atoms with E-state index in [4.69, 9.17) is 5.11 Å². The second-order valence-corrected chi connectivity index (χ2v) is 3.34. The molecule has 0 unspecified atom stereocenters. The van der Waals surface area contributed by atoms with Crippen molar-refractivity contribution in [2.75, 3.05) is 20.2 Å². The SMILES string of the molecule is CNCCC(=O)NC1(CO)CC1. The van der Waals surface area contributed by atoms with Gasteiger partial charge < -0.3 is 15.7 Å². The van der Waals surface area contributed by atoms with E-state index in [1.54, 1.807) is 0 Å². The molecule has 4 nitrogen and oxygen atoms in total. The summed E-state index contributed by atoms with van der Waals surface area (Å²) in [5, 5.41) is 14.6. The van der Waals surface area contributed by atoms with E-state index in [1.807, 2.05) is 7.05 Å². The molecule has 12 heavy (non-hydrogen) atoms. The third-order valence-electron chi connectivity index (χ3n) is 2.16. The molecule has 0 aromatic carbocycles. The van der Waals surface area contributed by atoms with Gasteiger partial charge in [0.15, 0.2) is 0 Å². The zero-order valence-corrected chi connectivity index (χ0v) is 7.39. The van der Waals surface area contributed by atoms with Gasteiger partial charge in [0.2, 0.25) is 5.91 Å². The summed E-state index contributed by atoms with van der Waals surface area (Å²) in [5.74, 6) is 0.0240. The van der Waals surface area contributed by atoms with Gasteiger partial charge in [0.1, 0.15) is 0 Å². The smallest absolute Gasteiger partial charge is 0.221 e. The summed E-state index contributed by atoms with van der Waals surface area (Å²) in [6, 6.07) is 0. The maximum absolute atomic E-state index is 11.2. The molecular formula is C8H16N2O2. The summed E-state index contributed by atoms with van der Waals surface area (Å²) in [5.41, 5.74) is -0.259. The van der Waals surface area contributed by atoms with E-state index in [0.29, 0.717) is 13.0 Å². The van der Waals surface area contributed by atoms with Gasteiger partial charge in [-0.1, -0.05) is 0 Å². The van der Waals surface area contributed by atoms with Gasteiger partial charge in [-0.3, -0.25) is 4.79 Å². The minimum absolute atomic E-state index is 0.0240. The van der Waals surface area contributed by atoms with Crippen LogP contribution in [0.3, 0.4) is 0 Å². The minimum atomic E-state index is -0.259. The largest absolute Gasteiger partial charge is 0.394 e. The molecule has 0 atom stereocenters.